The number of rotatable bonds is 6. The van der Waals surface area contributed by atoms with Crippen molar-refractivity contribution in [1.29, 1.82) is 0 Å². The Bertz CT molecular complexity index is 789. The lowest BCUT2D eigenvalue weighted by Gasteiger charge is -2.21. The van der Waals surface area contributed by atoms with Gasteiger partial charge >= 0.3 is 0 Å². The van der Waals surface area contributed by atoms with Crippen molar-refractivity contribution in [2.75, 3.05) is 33.3 Å². The van der Waals surface area contributed by atoms with E-state index in [4.69, 9.17) is 9.73 Å². The predicted octanol–water partition coefficient (Wildman–Crippen LogP) is 3.35. The van der Waals surface area contributed by atoms with Crippen LogP contribution in [0.15, 0.2) is 35.6 Å². The van der Waals surface area contributed by atoms with E-state index < -0.39 is 0 Å². The number of likely N-dealkylation sites (tertiary alicyclic amines) is 1. The second-order valence-electron chi connectivity index (χ2n) is 7.18. The average Bonchev–Trinajstić information content (AvgIpc) is 3.30. The molecule has 1 fully saturated rings. The van der Waals surface area contributed by atoms with Gasteiger partial charge in [0.2, 0.25) is 0 Å². The fraction of sp³-hybridized carbons (Fsp3) is 0.524. The van der Waals surface area contributed by atoms with Gasteiger partial charge in [0.15, 0.2) is 5.96 Å². The zero-order valence-corrected chi connectivity index (χ0v) is 19.6. The minimum Gasteiger partial charge on any atom is -0.496 e. The van der Waals surface area contributed by atoms with Gasteiger partial charge in [0, 0.05) is 45.3 Å². The first kappa shape index (κ1) is 22.5. The molecule has 0 spiro atoms. The van der Waals surface area contributed by atoms with Crippen LogP contribution in [0.5, 0.6) is 5.75 Å². The van der Waals surface area contributed by atoms with E-state index in [-0.39, 0.29) is 24.0 Å². The molecule has 0 saturated carbocycles. The normalized spacial score (nSPS) is 16.8. The van der Waals surface area contributed by atoms with E-state index in [1.165, 1.54) is 16.7 Å². The monoisotopic (exact) mass is 497 g/mol. The number of benzene rings is 1. The molecule has 1 aliphatic rings. The van der Waals surface area contributed by atoms with Gasteiger partial charge in [0.1, 0.15) is 5.75 Å². The molecule has 3 rings (SSSR count). The van der Waals surface area contributed by atoms with Gasteiger partial charge in [0.05, 0.1) is 13.3 Å². The van der Waals surface area contributed by atoms with E-state index in [2.05, 4.69) is 47.5 Å². The minimum atomic E-state index is 0. The quantitative estimate of drug-likeness (QED) is 0.378. The number of aliphatic imine (C=N–C) groups is 1. The van der Waals surface area contributed by atoms with E-state index in [1.54, 1.807) is 7.11 Å². The molecule has 0 radical (unpaired) electrons. The first-order valence-corrected chi connectivity index (χ1v) is 9.76. The second-order valence-corrected chi connectivity index (χ2v) is 7.18. The number of hydrogen-bond acceptors (Lipinski definition) is 3. The SMILES string of the molecule is CCNC(=NCCc1cc(C)ccc1OC)N1CCC(c2cnn(C)c2)C1.I. The first-order valence-electron chi connectivity index (χ1n) is 9.76. The lowest BCUT2D eigenvalue weighted by Crippen LogP contribution is -2.40. The lowest BCUT2D eigenvalue weighted by molar-refractivity contribution is 0.409. The van der Waals surface area contributed by atoms with Crippen molar-refractivity contribution in [3.05, 3.63) is 47.3 Å². The molecule has 0 bridgehead atoms. The van der Waals surface area contributed by atoms with Crippen LogP contribution in [0.3, 0.4) is 0 Å². The molecule has 154 valence electrons. The predicted molar refractivity (Wildman–Crippen MR) is 125 cm³/mol. The third-order valence-corrected chi connectivity index (χ3v) is 5.10. The molecule has 1 aliphatic heterocycles. The van der Waals surface area contributed by atoms with Crippen LogP contribution in [0.2, 0.25) is 0 Å². The van der Waals surface area contributed by atoms with Crippen LogP contribution in [0.1, 0.15) is 36.0 Å². The van der Waals surface area contributed by atoms with Crippen molar-refractivity contribution >= 4 is 29.9 Å². The Balaban J connectivity index is 0.00000280. The number of hydrogen-bond donors (Lipinski definition) is 1. The summed E-state index contributed by atoms with van der Waals surface area (Å²) in [5.41, 5.74) is 3.78. The van der Waals surface area contributed by atoms with Crippen molar-refractivity contribution in [2.24, 2.45) is 12.0 Å². The fourth-order valence-corrected chi connectivity index (χ4v) is 3.69. The molecule has 6 nitrogen and oxygen atoms in total. The van der Waals surface area contributed by atoms with Crippen LogP contribution in [0.4, 0.5) is 0 Å². The average molecular weight is 497 g/mol. The number of ether oxygens (including phenoxy) is 1. The van der Waals surface area contributed by atoms with Crippen LogP contribution >= 0.6 is 24.0 Å². The number of aromatic nitrogens is 2. The molecule has 28 heavy (non-hydrogen) atoms. The smallest absolute Gasteiger partial charge is 0.193 e. The molecule has 1 aromatic carbocycles. The number of guanidine groups is 1. The molecule has 1 unspecified atom stereocenters. The first-order chi connectivity index (χ1) is 13.1. The zero-order chi connectivity index (χ0) is 19.2. The summed E-state index contributed by atoms with van der Waals surface area (Å²) in [6, 6.07) is 6.31. The highest BCUT2D eigenvalue weighted by molar-refractivity contribution is 14.0. The van der Waals surface area contributed by atoms with Gasteiger partial charge in [-0.3, -0.25) is 9.67 Å². The largest absolute Gasteiger partial charge is 0.496 e. The van der Waals surface area contributed by atoms with Crippen LogP contribution < -0.4 is 10.1 Å². The molecule has 1 N–H and O–H groups in total. The number of nitrogens with one attached hydrogen (secondary N) is 1. The topological polar surface area (TPSA) is 54.7 Å². The maximum atomic E-state index is 5.49. The van der Waals surface area contributed by atoms with Crippen LogP contribution in [0, 0.1) is 6.92 Å². The highest BCUT2D eigenvalue weighted by Gasteiger charge is 2.26. The van der Waals surface area contributed by atoms with E-state index in [1.807, 2.05) is 24.0 Å². The third-order valence-electron chi connectivity index (χ3n) is 5.10. The van der Waals surface area contributed by atoms with Crippen LogP contribution in [-0.2, 0) is 13.5 Å². The van der Waals surface area contributed by atoms with Gasteiger partial charge in [-0.1, -0.05) is 17.7 Å². The van der Waals surface area contributed by atoms with Crippen LogP contribution in [0.25, 0.3) is 0 Å². The van der Waals surface area contributed by atoms with Gasteiger partial charge in [-0.25, -0.2) is 0 Å². The maximum Gasteiger partial charge on any atom is 0.193 e. The molecule has 2 aromatic rings. The Morgan fingerprint density at radius 2 is 2.21 bits per heavy atom. The van der Waals surface area contributed by atoms with E-state index in [9.17, 15) is 0 Å². The summed E-state index contributed by atoms with van der Waals surface area (Å²) in [6.45, 7) is 7.87. The van der Waals surface area contributed by atoms with Crippen molar-refractivity contribution in [2.45, 2.75) is 32.6 Å². The maximum absolute atomic E-state index is 5.49. The van der Waals surface area contributed by atoms with Gasteiger partial charge in [-0.15, -0.1) is 24.0 Å². The molecule has 1 saturated heterocycles. The van der Waals surface area contributed by atoms with Gasteiger partial charge in [-0.2, -0.15) is 5.10 Å². The summed E-state index contributed by atoms with van der Waals surface area (Å²) < 4.78 is 7.37. The van der Waals surface area contributed by atoms with E-state index in [0.717, 1.165) is 50.7 Å². The summed E-state index contributed by atoms with van der Waals surface area (Å²) in [4.78, 5) is 7.25. The Hall–Kier alpha value is -1.77. The highest BCUT2D eigenvalue weighted by atomic mass is 127. The highest BCUT2D eigenvalue weighted by Crippen LogP contribution is 2.26. The molecular formula is C21H32IN5O. The van der Waals surface area contributed by atoms with Gasteiger partial charge < -0.3 is 15.0 Å². The summed E-state index contributed by atoms with van der Waals surface area (Å²) in [5, 5.41) is 7.77. The molecule has 1 atom stereocenters. The van der Waals surface area contributed by atoms with Gasteiger partial charge in [0.25, 0.3) is 0 Å². The number of aryl methyl sites for hydroxylation is 2. The summed E-state index contributed by atoms with van der Waals surface area (Å²) in [5.74, 6) is 2.48. The Morgan fingerprint density at radius 3 is 2.89 bits per heavy atom. The number of halogens is 1. The Kier molecular flexibility index (Phi) is 8.59. The standard InChI is InChI=1S/C21H31N5O.HI/c1-5-22-21(23-10-8-17-12-16(2)6-7-20(17)27-4)26-11-9-18(15-26)19-13-24-25(3)14-19;/h6-7,12-14,18H,5,8-11,15H2,1-4H3,(H,22,23);1H. The van der Waals surface area contributed by atoms with Crippen molar-refractivity contribution in [3.8, 4) is 5.75 Å². The summed E-state index contributed by atoms with van der Waals surface area (Å²) in [6.07, 6.45) is 6.13. The van der Waals surface area contributed by atoms with Crippen molar-refractivity contribution < 1.29 is 4.74 Å². The molecule has 0 aliphatic carbocycles. The lowest BCUT2D eigenvalue weighted by atomic mass is 10.0. The van der Waals surface area contributed by atoms with Crippen molar-refractivity contribution in [1.82, 2.24) is 20.0 Å². The second kappa shape index (κ2) is 10.7. The molecule has 7 heteroatoms. The minimum absolute atomic E-state index is 0. The molecule has 0 amide bonds. The number of methoxy groups -OCH3 is 1. The number of nitrogens with zero attached hydrogens (tertiary/aromatic N) is 4. The van der Waals surface area contributed by atoms with E-state index >= 15 is 0 Å². The Morgan fingerprint density at radius 1 is 1.39 bits per heavy atom. The molecule has 1 aromatic heterocycles. The van der Waals surface area contributed by atoms with Crippen molar-refractivity contribution in [3.63, 3.8) is 0 Å². The molecule has 2 heterocycles. The van der Waals surface area contributed by atoms with Crippen LogP contribution in [-0.4, -0.2) is 53.9 Å². The summed E-state index contributed by atoms with van der Waals surface area (Å²) >= 11 is 0. The fourth-order valence-electron chi connectivity index (χ4n) is 3.69. The molecular weight excluding hydrogens is 465 g/mol. The zero-order valence-electron chi connectivity index (χ0n) is 17.3. The van der Waals surface area contributed by atoms with E-state index in [0.29, 0.717) is 5.92 Å². The Labute approximate surface area is 185 Å². The van der Waals surface area contributed by atoms with Gasteiger partial charge in [-0.05, 0) is 43.9 Å². The third kappa shape index (κ3) is 5.62. The summed E-state index contributed by atoms with van der Waals surface area (Å²) in [7, 11) is 3.70.